The van der Waals surface area contributed by atoms with Gasteiger partial charge in [0.05, 0.1) is 18.6 Å². The summed E-state index contributed by atoms with van der Waals surface area (Å²) in [5, 5.41) is 13.1. The zero-order chi connectivity index (χ0) is 28.2. The van der Waals surface area contributed by atoms with Crippen LogP contribution in [0.1, 0.15) is 12.8 Å². The van der Waals surface area contributed by atoms with Crippen molar-refractivity contribution in [3.05, 3.63) is 48.2 Å². The SMILES string of the molecule is CN(CCN1CCN(c2cc(OCCCC(=O)O)c(F)cc2F)CC1)c1nc(N)n2nc(-c3ccco3)cc2n1. The van der Waals surface area contributed by atoms with Crippen molar-refractivity contribution < 1.29 is 27.8 Å². The van der Waals surface area contributed by atoms with Gasteiger partial charge in [0.15, 0.2) is 23.0 Å². The second-order valence-corrected chi connectivity index (χ2v) is 9.49. The van der Waals surface area contributed by atoms with Crippen molar-refractivity contribution >= 4 is 29.2 Å². The Kier molecular flexibility index (Phi) is 7.96. The van der Waals surface area contributed by atoms with Crippen LogP contribution in [0.4, 0.5) is 26.4 Å². The first-order valence-electron chi connectivity index (χ1n) is 12.9. The summed E-state index contributed by atoms with van der Waals surface area (Å²) in [5.41, 5.74) is 7.57. The molecule has 1 aromatic carbocycles. The number of carboxylic acid groups (broad SMARTS) is 1. The first-order valence-corrected chi connectivity index (χ1v) is 12.9. The number of anilines is 3. The van der Waals surface area contributed by atoms with E-state index in [-0.39, 0.29) is 36.8 Å². The number of hydrogen-bond acceptors (Lipinski definition) is 10. The maximum absolute atomic E-state index is 14.6. The minimum absolute atomic E-state index is 0.0318. The molecule has 1 saturated heterocycles. The molecule has 4 aromatic rings. The number of ether oxygens (including phenoxy) is 1. The molecule has 1 fully saturated rings. The number of carboxylic acids is 1. The van der Waals surface area contributed by atoms with Crippen LogP contribution in [0.25, 0.3) is 17.1 Å². The Morgan fingerprint density at radius 1 is 1.18 bits per heavy atom. The molecule has 5 rings (SSSR count). The molecule has 0 radical (unpaired) electrons. The fourth-order valence-electron chi connectivity index (χ4n) is 4.49. The van der Waals surface area contributed by atoms with Gasteiger partial charge in [0, 0.05) is 70.9 Å². The van der Waals surface area contributed by atoms with E-state index in [1.165, 1.54) is 10.6 Å². The lowest BCUT2D eigenvalue weighted by molar-refractivity contribution is -0.137. The number of rotatable bonds is 11. The summed E-state index contributed by atoms with van der Waals surface area (Å²) in [5.74, 6) is -1.22. The van der Waals surface area contributed by atoms with Crippen LogP contribution in [-0.2, 0) is 4.79 Å². The number of carbonyl (C=O) groups is 1. The van der Waals surface area contributed by atoms with Gasteiger partial charge in [0.2, 0.25) is 11.9 Å². The number of hydrogen-bond donors (Lipinski definition) is 2. The number of nitrogens with two attached hydrogens (primary N) is 1. The van der Waals surface area contributed by atoms with Gasteiger partial charge in [-0.15, -0.1) is 0 Å². The number of aliphatic carboxylic acids is 1. The summed E-state index contributed by atoms with van der Waals surface area (Å²) in [7, 11) is 1.89. The molecule has 1 aliphatic rings. The van der Waals surface area contributed by atoms with Crippen molar-refractivity contribution in [3.8, 4) is 17.2 Å². The zero-order valence-corrected chi connectivity index (χ0v) is 22.0. The van der Waals surface area contributed by atoms with Gasteiger partial charge >= 0.3 is 5.97 Å². The fraction of sp³-hybridized carbons (Fsp3) is 0.385. The standard InChI is InChI=1S/C26H30F2N8O4/c1-33(26-30-23-15-19(21-4-2-12-39-21)32-36(23)25(29)31-26)6-7-34-8-10-35(11-9-34)20-16-22(18(28)14-17(20)27)40-13-3-5-24(37)38/h2,4,12,14-16H,3,5-11,13H2,1H3,(H,37,38)(H2,29,30,31). The molecule has 40 heavy (non-hydrogen) atoms. The Morgan fingerprint density at radius 2 is 1.98 bits per heavy atom. The highest BCUT2D eigenvalue weighted by Crippen LogP contribution is 2.29. The maximum Gasteiger partial charge on any atom is 0.303 e. The molecule has 0 unspecified atom stereocenters. The van der Waals surface area contributed by atoms with E-state index in [0.29, 0.717) is 55.8 Å². The molecule has 212 valence electrons. The summed E-state index contributed by atoms with van der Waals surface area (Å²) in [6.45, 7) is 3.84. The quantitative estimate of drug-likeness (QED) is 0.264. The molecule has 0 amide bonds. The molecule has 0 spiro atoms. The van der Waals surface area contributed by atoms with Crippen LogP contribution >= 0.6 is 0 Å². The molecule has 14 heteroatoms. The lowest BCUT2D eigenvalue weighted by Gasteiger charge is -2.37. The number of likely N-dealkylation sites (N-methyl/N-ethyl adjacent to an activating group) is 1. The number of benzene rings is 1. The van der Waals surface area contributed by atoms with E-state index in [4.69, 9.17) is 20.0 Å². The van der Waals surface area contributed by atoms with Crippen LogP contribution in [0, 0.1) is 11.6 Å². The van der Waals surface area contributed by atoms with Crippen molar-refractivity contribution in [2.24, 2.45) is 0 Å². The largest absolute Gasteiger partial charge is 0.490 e. The molecule has 0 bridgehead atoms. The summed E-state index contributed by atoms with van der Waals surface area (Å²) in [6.07, 6.45) is 1.72. The molecule has 12 nitrogen and oxygen atoms in total. The van der Waals surface area contributed by atoms with Crippen molar-refractivity contribution in [3.63, 3.8) is 0 Å². The van der Waals surface area contributed by atoms with Gasteiger partial charge in [-0.3, -0.25) is 9.69 Å². The van der Waals surface area contributed by atoms with Crippen molar-refractivity contribution in [1.82, 2.24) is 24.5 Å². The van der Waals surface area contributed by atoms with Gasteiger partial charge in [0.25, 0.3) is 0 Å². The minimum Gasteiger partial charge on any atom is -0.490 e. The number of halogens is 2. The zero-order valence-electron chi connectivity index (χ0n) is 22.0. The molecular weight excluding hydrogens is 526 g/mol. The lowest BCUT2D eigenvalue weighted by atomic mass is 10.2. The van der Waals surface area contributed by atoms with Gasteiger partial charge < -0.3 is 29.8 Å². The van der Waals surface area contributed by atoms with E-state index in [0.717, 1.165) is 12.6 Å². The predicted molar refractivity (Wildman–Crippen MR) is 144 cm³/mol. The number of piperazine rings is 1. The van der Waals surface area contributed by atoms with Gasteiger partial charge in [-0.25, -0.2) is 8.78 Å². The van der Waals surface area contributed by atoms with Gasteiger partial charge in [-0.05, 0) is 18.6 Å². The first kappa shape index (κ1) is 27.1. The highest BCUT2D eigenvalue weighted by molar-refractivity contribution is 5.66. The van der Waals surface area contributed by atoms with Crippen LogP contribution in [0.2, 0.25) is 0 Å². The van der Waals surface area contributed by atoms with E-state index in [9.17, 15) is 13.6 Å². The normalized spacial score (nSPS) is 14.1. The average molecular weight is 557 g/mol. The Labute approximate surface area is 228 Å². The lowest BCUT2D eigenvalue weighted by Crippen LogP contribution is -2.48. The highest BCUT2D eigenvalue weighted by Gasteiger charge is 2.22. The number of nitrogens with zero attached hydrogens (tertiary/aromatic N) is 7. The Hall–Kier alpha value is -4.46. The molecule has 3 aromatic heterocycles. The summed E-state index contributed by atoms with van der Waals surface area (Å²) in [6, 6.07) is 7.53. The van der Waals surface area contributed by atoms with Crippen LogP contribution in [-0.4, -0.2) is 88.5 Å². The van der Waals surface area contributed by atoms with Crippen molar-refractivity contribution in [1.29, 1.82) is 0 Å². The minimum atomic E-state index is -0.955. The Balaban J connectivity index is 1.15. The summed E-state index contributed by atoms with van der Waals surface area (Å²) < 4.78 is 41.1. The summed E-state index contributed by atoms with van der Waals surface area (Å²) in [4.78, 5) is 25.7. The topological polar surface area (TPSA) is 138 Å². The van der Waals surface area contributed by atoms with E-state index < -0.39 is 17.6 Å². The fourth-order valence-corrected chi connectivity index (χ4v) is 4.49. The summed E-state index contributed by atoms with van der Waals surface area (Å²) >= 11 is 0. The van der Waals surface area contributed by atoms with E-state index in [1.54, 1.807) is 24.5 Å². The molecule has 0 atom stereocenters. The first-order chi connectivity index (χ1) is 19.3. The molecule has 0 saturated carbocycles. The van der Waals surface area contributed by atoms with Gasteiger partial charge in [-0.2, -0.15) is 19.6 Å². The maximum atomic E-state index is 14.6. The van der Waals surface area contributed by atoms with E-state index >= 15 is 0 Å². The predicted octanol–water partition coefficient (Wildman–Crippen LogP) is 2.75. The molecule has 4 heterocycles. The monoisotopic (exact) mass is 556 g/mol. The third-order valence-corrected chi connectivity index (χ3v) is 6.71. The molecule has 1 aliphatic heterocycles. The number of nitrogen functional groups attached to an aromatic ring is 1. The molecule has 3 N–H and O–H groups in total. The van der Waals surface area contributed by atoms with Crippen LogP contribution < -0.4 is 20.3 Å². The number of aromatic nitrogens is 4. The Bertz CT molecular complexity index is 1470. The van der Waals surface area contributed by atoms with Crippen molar-refractivity contribution in [2.75, 3.05) is 68.5 Å². The van der Waals surface area contributed by atoms with E-state index in [1.807, 2.05) is 16.8 Å². The third-order valence-electron chi connectivity index (χ3n) is 6.71. The van der Waals surface area contributed by atoms with E-state index in [2.05, 4.69) is 20.0 Å². The van der Waals surface area contributed by atoms with Crippen LogP contribution in [0.15, 0.2) is 41.0 Å². The Morgan fingerprint density at radius 3 is 2.70 bits per heavy atom. The van der Waals surface area contributed by atoms with Gasteiger partial charge in [-0.1, -0.05) is 0 Å². The van der Waals surface area contributed by atoms with Crippen LogP contribution in [0.5, 0.6) is 5.75 Å². The number of fused-ring (bicyclic) bond motifs is 1. The average Bonchev–Trinajstić information content (AvgIpc) is 3.61. The van der Waals surface area contributed by atoms with Crippen molar-refractivity contribution in [2.45, 2.75) is 12.8 Å². The van der Waals surface area contributed by atoms with Gasteiger partial charge in [0.1, 0.15) is 11.5 Å². The smallest absolute Gasteiger partial charge is 0.303 e. The number of furan rings is 1. The molecular formula is C26H30F2N8O4. The highest BCUT2D eigenvalue weighted by atomic mass is 19.1. The second-order valence-electron chi connectivity index (χ2n) is 9.49. The van der Waals surface area contributed by atoms with Crippen LogP contribution in [0.3, 0.4) is 0 Å². The third kappa shape index (κ3) is 6.06. The second kappa shape index (κ2) is 11.7. The molecule has 0 aliphatic carbocycles.